The highest BCUT2D eigenvalue weighted by Crippen LogP contribution is 2.43. The molecule has 2 saturated heterocycles. The highest BCUT2D eigenvalue weighted by atomic mass is 19.1. The van der Waals surface area contributed by atoms with Gasteiger partial charge in [-0.3, -0.25) is 9.59 Å². The summed E-state index contributed by atoms with van der Waals surface area (Å²) in [5, 5.41) is 10.00. The number of hydrogen-bond acceptors (Lipinski definition) is 3. The number of halogens is 1. The monoisotopic (exact) mass is 460 g/mol. The summed E-state index contributed by atoms with van der Waals surface area (Å²) in [6, 6.07) is 12.9. The van der Waals surface area contributed by atoms with E-state index in [2.05, 4.69) is 11.8 Å². The number of nitrogens with zero attached hydrogens (tertiary/aromatic N) is 2. The van der Waals surface area contributed by atoms with Crippen LogP contribution in [-0.2, 0) is 4.79 Å². The maximum absolute atomic E-state index is 13.2. The maximum atomic E-state index is 13.2. The van der Waals surface area contributed by atoms with Crippen molar-refractivity contribution < 1.29 is 19.1 Å². The quantitative estimate of drug-likeness (QED) is 0.710. The Balaban J connectivity index is 1.29. The van der Waals surface area contributed by atoms with Crippen molar-refractivity contribution in [3.8, 4) is 11.8 Å². The summed E-state index contributed by atoms with van der Waals surface area (Å²) in [7, 11) is 0. The van der Waals surface area contributed by atoms with Gasteiger partial charge in [-0.15, -0.1) is 0 Å². The second-order valence-electron chi connectivity index (χ2n) is 9.62. The first-order valence-electron chi connectivity index (χ1n) is 12.1. The Hall–Kier alpha value is -3.17. The number of rotatable bonds is 4. The molecule has 0 radical (unpaired) electrons. The molecule has 2 aromatic rings. The van der Waals surface area contributed by atoms with E-state index < -0.39 is 5.82 Å². The zero-order valence-electron chi connectivity index (χ0n) is 19.1. The second kappa shape index (κ2) is 9.60. The van der Waals surface area contributed by atoms with E-state index in [1.54, 1.807) is 4.90 Å². The molecule has 2 aliphatic heterocycles. The molecule has 3 atom stereocenters. The fourth-order valence-electron chi connectivity index (χ4n) is 5.73. The van der Waals surface area contributed by atoms with E-state index in [-0.39, 0.29) is 43.0 Å². The molecule has 6 heteroatoms. The molecule has 2 aromatic carbocycles. The fourth-order valence-corrected chi connectivity index (χ4v) is 5.73. The molecule has 3 fully saturated rings. The van der Waals surface area contributed by atoms with E-state index in [1.165, 1.54) is 54.8 Å². The predicted octanol–water partition coefficient (Wildman–Crippen LogP) is 3.57. The third kappa shape index (κ3) is 4.33. The number of piperazine rings is 1. The van der Waals surface area contributed by atoms with Crippen LogP contribution in [0.25, 0.3) is 0 Å². The lowest BCUT2D eigenvalue weighted by Gasteiger charge is -2.58. The Kier molecular flexibility index (Phi) is 6.38. The Morgan fingerprint density at radius 1 is 1.06 bits per heavy atom. The zero-order chi connectivity index (χ0) is 23.7. The van der Waals surface area contributed by atoms with Crippen LogP contribution in [0.2, 0.25) is 0 Å². The lowest BCUT2D eigenvalue weighted by molar-refractivity contribution is -0.159. The molecule has 34 heavy (non-hydrogen) atoms. The molecule has 1 N–H and O–H groups in total. The summed E-state index contributed by atoms with van der Waals surface area (Å²) in [5.74, 6) is 6.40. The Morgan fingerprint density at radius 3 is 2.44 bits per heavy atom. The molecular formula is C28H29FN2O3. The number of carbonyl (C=O) groups is 2. The van der Waals surface area contributed by atoms with Crippen molar-refractivity contribution in [2.24, 2.45) is 5.92 Å². The molecule has 0 aromatic heterocycles. The van der Waals surface area contributed by atoms with Crippen molar-refractivity contribution in [1.82, 2.24) is 9.80 Å². The zero-order valence-corrected chi connectivity index (χ0v) is 19.1. The minimum atomic E-state index is -0.408. The minimum absolute atomic E-state index is 0.0363. The van der Waals surface area contributed by atoms with Gasteiger partial charge in [0.2, 0.25) is 5.91 Å². The third-order valence-corrected chi connectivity index (χ3v) is 7.52. The molecular weight excluding hydrogens is 431 g/mol. The lowest BCUT2D eigenvalue weighted by Crippen LogP contribution is -2.73. The maximum Gasteiger partial charge on any atom is 0.254 e. The van der Waals surface area contributed by atoms with Gasteiger partial charge in [0.05, 0.1) is 18.7 Å². The number of amides is 2. The molecule has 1 aliphatic carbocycles. The van der Waals surface area contributed by atoms with Crippen molar-refractivity contribution in [3.63, 3.8) is 0 Å². The van der Waals surface area contributed by atoms with Crippen molar-refractivity contribution in [2.75, 3.05) is 19.7 Å². The number of benzene rings is 2. The van der Waals surface area contributed by atoms with Gasteiger partial charge < -0.3 is 14.9 Å². The van der Waals surface area contributed by atoms with Crippen molar-refractivity contribution in [3.05, 3.63) is 71.0 Å². The van der Waals surface area contributed by atoms with Crippen LogP contribution in [0.1, 0.15) is 59.5 Å². The SMILES string of the molecule is O=C(c1ccc(F)cc1)N1CC(=O)N2[C@H](C1)[C@H](c1ccc(C#CCC3CCCC3)cc1)[C@@H]2CO. The third-order valence-electron chi connectivity index (χ3n) is 7.52. The van der Waals surface area contributed by atoms with Crippen LogP contribution in [0, 0.1) is 23.6 Å². The molecule has 5 nitrogen and oxygen atoms in total. The van der Waals surface area contributed by atoms with Gasteiger partial charge in [-0.2, -0.15) is 0 Å². The van der Waals surface area contributed by atoms with Gasteiger partial charge in [0.1, 0.15) is 12.4 Å². The Bertz CT molecular complexity index is 1110. The van der Waals surface area contributed by atoms with Gasteiger partial charge in [0.25, 0.3) is 5.91 Å². The van der Waals surface area contributed by atoms with Gasteiger partial charge in [0.15, 0.2) is 0 Å². The molecule has 0 bridgehead atoms. The van der Waals surface area contributed by atoms with Gasteiger partial charge >= 0.3 is 0 Å². The summed E-state index contributed by atoms with van der Waals surface area (Å²) in [6.07, 6.45) is 6.17. The summed E-state index contributed by atoms with van der Waals surface area (Å²) in [4.78, 5) is 29.0. The number of hydrogen-bond donors (Lipinski definition) is 1. The van der Waals surface area contributed by atoms with Crippen LogP contribution >= 0.6 is 0 Å². The minimum Gasteiger partial charge on any atom is -0.394 e. The summed E-state index contributed by atoms with van der Waals surface area (Å²) < 4.78 is 13.2. The molecule has 1 saturated carbocycles. The van der Waals surface area contributed by atoms with Crippen molar-refractivity contribution in [1.29, 1.82) is 0 Å². The van der Waals surface area contributed by atoms with Crippen molar-refractivity contribution in [2.45, 2.75) is 50.1 Å². The van der Waals surface area contributed by atoms with E-state index in [4.69, 9.17) is 0 Å². The number of carbonyl (C=O) groups excluding carboxylic acids is 2. The van der Waals surface area contributed by atoms with Gasteiger partial charge in [-0.25, -0.2) is 4.39 Å². The molecule has 2 heterocycles. The first-order valence-corrected chi connectivity index (χ1v) is 12.1. The average Bonchev–Trinajstić information content (AvgIpc) is 3.35. The normalized spacial score (nSPS) is 24.3. The smallest absolute Gasteiger partial charge is 0.254 e. The lowest BCUT2D eigenvalue weighted by atomic mass is 9.73. The number of aliphatic hydroxyl groups is 1. The summed E-state index contributed by atoms with van der Waals surface area (Å²) in [6.45, 7) is 0.222. The van der Waals surface area contributed by atoms with Crippen LogP contribution in [0.5, 0.6) is 0 Å². The topological polar surface area (TPSA) is 60.9 Å². The van der Waals surface area contributed by atoms with E-state index in [0.29, 0.717) is 12.1 Å². The van der Waals surface area contributed by atoms with Gasteiger partial charge in [-0.1, -0.05) is 36.8 Å². The van der Waals surface area contributed by atoms with E-state index in [0.717, 1.165) is 23.5 Å². The predicted molar refractivity (Wildman–Crippen MR) is 126 cm³/mol. The number of aliphatic hydroxyl groups excluding tert-OH is 1. The molecule has 5 rings (SSSR count). The highest BCUT2D eigenvalue weighted by molar-refractivity contribution is 5.97. The molecule has 0 spiro atoms. The van der Waals surface area contributed by atoms with Gasteiger partial charge in [0, 0.05) is 30.0 Å². The van der Waals surface area contributed by atoms with Crippen LogP contribution in [-0.4, -0.2) is 58.5 Å². The standard InChI is InChI=1S/C28H29FN2O3/c29-23-14-12-22(13-15-23)28(34)30-16-24-27(25(18-32)31(24)26(33)17-30)21-10-8-20(9-11-21)7-3-6-19-4-1-2-5-19/h8-15,19,24-25,27,32H,1-2,4-6,16-18H2/t24-,25+,27+/m1/s1. The summed E-state index contributed by atoms with van der Waals surface area (Å²) >= 11 is 0. The van der Waals surface area contributed by atoms with E-state index in [9.17, 15) is 19.1 Å². The highest BCUT2D eigenvalue weighted by Gasteiger charge is 2.54. The molecule has 3 aliphatic rings. The largest absolute Gasteiger partial charge is 0.394 e. The van der Waals surface area contributed by atoms with Crippen LogP contribution in [0.4, 0.5) is 4.39 Å². The first-order chi connectivity index (χ1) is 16.5. The average molecular weight is 461 g/mol. The first kappa shape index (κ1) is 22.6. The molecule has 176 valence electrons. The Labute approximate surface area is 199 Å². The van der Waals surface area contributed by atoms with Crippen LogP contribution in [0.3, 0.4) is 0 Å². The molecule has 0 unspecified atom stereocenters. The molecule has 2 amide bonds. The second-order valence-corrected chi connectivity index (χ2v) is 9.62. The fraction of sp³-hybridized carbons (Fsp3) is 0.429. The van der Waals surface area contributed by atoms with E-state index in [1.807, 2.05) is 24.3 Å². The van der Waals surface area contributed by atoms with E-state index >= 15 is 0 Å². The van der Waals surface area contributed by atoms with Crippen molar-refractivity contribution >= 4 is 11.8 Å². The summed E-state index contributed by atoms with van der Waals surface area (Å²) in [5.41, 5.74) is 2.36. The number of fused-ring (bicyclic) bond motifs is 1. The van der Waals surface area contributed by atoms with Crippen LogP contribution < -0.4 is 0 Å². The van der Waals surface area contributed by atoms with Gasteiger partial charge in [-0.05, 0) is 60.7 Å². The van der Waals surface area contributed by atoms with Crippen LogP contribution in [0.15, 0.2) is 48.5 Å². The Morgan fingerprint density at radius 2 is 1.76 bits per heavy atom.